The number of carbonyl (C=O) groups excluding carboxylic acids is 1. The van der Waals surface area contributed by atoms with E-state index in [4.69, 9.17) is 14.2 Å². The van der Waals surface area contributed by atoms with Gasteiger partial charge >= 0.3 is 0 Å². The van der Waals surface area contributed by atoms with Crippen molar-refractivity contribution in [2.75, 3.05) is 34.6 Å². The smallest absolute Gasteiger partial charge is 0.294 e. The largest absolute Gasteiger partial charge is 0.493 e. The second kappa shape index (κ2) is 12.3. The van der Waals surface area contributed by atoms with Crippen LogP contribution in [0.15, 0.2) is 58.2 Å². The fourth-order valence-electron chi connectivity index (χ4n) is 5.13. The Labute approximate surface area is 235 Å². The summed E-state index contributed by atoms with van der Waals surface area (Å²) in [5.41, 5.74) is 3.89. The van der Waals surface area contributed by atoms with Crippen LogP contribution >= 0.6 is 11.8 Å². The van der Waals surface area contributed by atoms with E-state index in [1.165, 1.54) is 11.8 Å². The van der Waals surface area contributed by atoms with E-state index in [-0.39, 0.29) is 17.9 Å². The lowest BCUT2D eigenvalue weighted by molar-refractivity contribution is -0.763. The number of methoxy groups -OCH3 is 3. The maximum absolute atomic E-state index is 13.7. The van der Waals surface area contributed by atoms with Crippen LogP contribution in [0.3, 0.4) is 0 Å². The van der Waals surface area contributed by atoms with E-state index < -0.39 is 11.1 Å². The quantitative estimate of drug-likeness (QED) is 0.202. The van der Waals surface area contributed by atoms with Crippen LogP contribution in [0.5, 0.6) is 17.2 Å². The molecule has 0 aliphatic heterocycles. The van der Waals surface area contributed by atoms with Crippen molar-refractivity contribution in [2.24, 2.45) is 0 Å². The standard InChI is InChI=1S/C29H30N2O8S/c1-30(29(33)18-8-6-7-17(13-18)16-39-31(34)35)23-11-9-20-21(15-25(36-2)28(38-4)27(20)37-3)19-10-12-26(40-5)24(32)14-22(19)23/h6-8,10,12-15,23H,9,11,16H2,1-5H3/t23-/m0/s1. The first kappa shape index (κ1) is 28.8. The Hall–Kier alpha value is -4.25. The molecule has 11 heteroatoms. The van der Waals surface area contributed by atoms with Crippen molar-refractivity contribution in [3.05, 3.63) is 91.1 Å². The molecule has 0 N–H and O–H groups in total. The van der Waals surface area contributed by atoms with E-state index in [0.717, 1.165) is 16.7 Å². The van der Waals surface area contributed by atoms with Crippen molar-refractivity contribution in [3.8, 4) is 28.4 Å². The summed E-state index contributed by atoms with van der Waals surface area (Å²) in [6.45, 7) is -0.268. The first-order chi connectivity index (χ1) is 19.2. The number of hydrogen-bond acceptors (Lipinski definition) is 9. The van der Waals surface area contributed by atoms with Crippen LogP contribution in [-0.2, 0) is 17.9 Å². The van der Waals surface area contributed by atoms with Crippen molar-refractivity contribution >= 4 is 17.7 Å². The van der Waals surface area contributed by atoms with Gasteiger partial charge in [0.05, 0.1) is 32.3 Å². The minimum Gasteiger partial charge on any atom is -0.493 e. The minimum absolute atomic E-state index is 0.144. The first-order valence-corrected chi connectivity index (χ1v) is 13.6. The number of fused-ring (bicyclic) bond motifs is 3. The van der Waals surface area contributed by atoms with Gasteiger partial charge in [-0.2, -0.15) is 0 Å². The van der Waals surface area contributed by atoms with Crippen LogP contribution in [0, 0.1) is 10.1 Å². The Morgan fingerprint density at radius 1 is 1.05 bits per heavy atom. The van der Waals surface area contributed by atoms with Gasteiger partial charge in [-0.1, -0.05) is 18.2 Å². The number of amides is 1. The van der Waals surface area contributed by atoms with Crippen LogP contribution in [-0.4, -0.2) is 50.5 Å². The summed E-state index contributed by atoms with van der Waals surface area (Å²) >= 11 is 1.35. The molecule has 0 saturated carbocycles. The van der Waals surface area contributed by atoms with E-state index in [9.17, 15) is 19.7 Å². The van der Waals surface area contributed by atoms with Crippen molar-refractivity contribution in [3.63, 3.8) is 0 Å². The summed E-state index contributed by atoms with van der Waals surface area (Å²) in [5.74, 6) is 1.20. The lowest BCUT2D eigenvalue weighted by atomic mass is 9.95. The summed E-state index contributed by atoms with van der Waals surface area (Å²) in [6.07, 6.45) is 2.87. The highest BCUT2D eigenvalue weighted by Gasteiger charge is 2.32. The van der Waals surface area contributed by atoms with Crippen LogP contribution < -0.4 is 19.6 Å². The number of carbonyl (C=O) groups is 1. The number of nitrogens with zero attached hydrogens (tertiary/aromatic N) is 2. The van der Waals surface area contributed by atoms with Gasteiger partial charge in [0, 0.05) is 18.2 Å². The molecular weight excluding hydrogens is 536 g/mol. The third-order valence-corrected chi connectivity index (χ3v) is 7.79. The van der Waals surface area contributed by atoms with Gasteiger partial charge in [-0.05, 0) is 71.7 Å². The predicted molar refractivity (Wildman–Crippen MR) is 151 cm³/mol. The Kier molecular flexibility index (Phi) is 8.83. The molecule has 210 valence electrons. The summed E-state index contributed by atoms with van der Waals surface area (Å²) in [6, 6.07) is 13.2. The number of thioether (sulfide) groups is 1. The monoisotopic (exact) mass is 566 g/mol. The number of benzene rings is 2. The van der Waals surface area contributed by atoms with Crippen molar-refractivity contribution < 1.29 is 28.9 Å². The van der Waals surface area contributed by atoms with E-state index in [2.05, 4.69) is 4.84 Å². The predicted octanol–water partition coefficient (Wildman–Crippen LogP) is 4.93. The molecule has 0 aromatic heterocycles. The van der Waals surface area contributed by atoms with Crippen LogP contribution in [0.25, 0.3) is 11.1 Å². The van der Waals surface area contributed by atoms with Crippen LogP contribution in [0.2, 0.25) is 0 Å². The van der Waals surface area contributed by atoms with Gasteiger partial charge in [0.1, 0.15) is 6.61 Å². The van der Waals surface area contributed by atoms with Crippen molar-refractivity contribution in [1.29, 1.82) is 0 Å². The van der Waals surface area contributed by atoms with Gasteiger partial charge in [-0.25, -0.2) is 0 Å². The molecule has 1 atom stereocenters. The number of hydrogen-bond donors (Lipinski definition) is 0. The van der Waals surface area contributed by atoms with E-state index >= 15 is 0 Å². The molecule has 40 heavy (non-hydrogen) atoms. The zero-order valence-electron chi connectivity index (χ0n) is 22.9. The molecule has 0 heterocycles. The fraction of sp³-hybridized carbons (Fsp3) is 0.310. The fourth-order valence-corrected chi connectivity index (χ4v) is 5.59. The topological polar surface area (TPSA) is 117 Å². The van der Waals surface area contributed by atoms with E-state index in [1.807, 2.05) is 18.4 Å². The van der Waals surface area contributed by atoms with Crippen molar-refractivity contribution in [2.45, 2.75) is 30.4 Å². The van der Waals surface area contributed by atoms with E-state index in [0.29, 0.717) is 51.7 Å². The van der Waals surface area contributed by atoms with Gasteiger partial charge in [0.25, 0.3) is 11.0 Å². The Morgan fingerprint density at radius 2 is 1.80 bits per heavy atom. The second-order valence-electron chi connectivity index (χ2n) is 9.12. The maximum Gasteiger partial charge on any atom is 0.294 e. The summed E-state index contributed by atoms with van der Waals surface area (Å²) in [4.78, 5) is 44.2. The minimum atomic E-state index is -0.873. The average Bonchev–Trinajstić information content (AvgIpc) is 3.22. The molecule has 0 spiro atoms. The Morgan fingerprint density at radius 3 is 2.45 bits per heavy atom. The third-order valence-electron chi connectivity index (χ3n) is 7.01. The normalized spacial score (nSPS) is 13.8. The lowest BCUT2D eigenvalue weighted by Crippen LogP contribution is -2.32. The molecule has 1 amide bonds. The molecule has 0 fully saturated rings. The SMILES string of the molecule is COc1cc2c(c(OC)c1OC)CC[C@H](N(C)C(=O)c1cccc(CO[N+](=O)[O-])c1)c1cc(=O)c(SC)ccc1-2. The molecule has 0 bridgehead atoms. The summed E-state index contributed by atoms with van der Waals surface area (Å²) in [5, 5.41) is 9.76. The molecule has 4 rings (SSSR count). The van der Waals surface area contributed by atoms with Crippen LogP contribution in [0.1, 0.15) is 39.5 Å². The zero-order valence-corrected chi connectivity index (χ0v) is 23.7. The Balaban J connectivity index is 1.87. The molecule has 1 aliphatic carbocycles. The van der Waals surface area contributed by atoms with Gasteiger partial charge in [-0.15, -0.1) is 21.9 Å². The lowest BCUT2D eigenvalue weighted by Gasteiger charge is -2.28. The summed E-state index contributed by atoms with van der Waals surface area (Å²) in [7, 11) is 6.36. The van der Waals surface area contributed by atoms with Gasteiger partial charge in [0.2, 0.25) is 5.75 Å². The zero-order chi connectivity index (χ0) is 29.0. The molecule has 3 aromatic carbocycles. The second-order valence-corrected chi connectivity index (χ2v) is 9.97. The van der Waals surface area contributed by atoms with E-state index in [1.54, 1.807) is 69.7 Å². The molecular formula is C29H30N2O8S. The van der Waals surface area contributed by atoms with Gasteiger partial charge < -0.3 is 23.9 Å². The van der Waals surface area contributed by atoms with Crippen LogP contribution in [0.4, 0.5) is 0 Å². The highest BCUT2D eigenvalue weighted by atomic mass is 32.2. The molecule has 1 aliphatic rings. The third kappa shape index (κ3) is 5.55. The highest BCUT2D eigenvalue weighted by Crippen LogP contribution is 2.49. The molecule has 10 nitrogen and oxygen atoms in total. The number of ether oxygens (including phenoxy) is 3. The maximum atomic E-state index is 13.7. The van der Waals surface area contributed by atoms with Gasteiger partial charge in [-0.3, -0.25) is 9.59 Å². The average molecular weight is 567 g/mol. The van der Waals surface area contributed by atoms with Gasteiger partial charge in [0.15, 0.2) is 16.9 Å². The summed E-state index contributed by atoms with van der Waals surface area (Å²) < 4.78 is 17.0. The highest BCUT2D eigenvalue weighted by molar-refractivity contribution is 7.98. The molecule has 3 aromatic rings. The van der Waals surface area contributed by atoms with Crippen molar-refractivity contribution in [1.82, 2.24) is 4.90 Å². The molecule has 0 radical (unpaired) electrons. The first-order valence-electron chi connectivity index (χ1n) is 12.4. The molecule has 0 unspecified atom stereocenters. The molecule has 0 saturated heterocycles. The number of rotatable bonds is 9. The Bertz CT molecular complexity index is 1510.